The number of hydrogen-bond donors (Lipinski definition) is 0. The fourth-order valence-corrected chi connectivity index (χ4v) is 3.45. The maximum absolute atomic E-state index is 13.0. The minimum absolute atomic E-state index is 0.202. The molecule has 1 aromatic heterocycles. The zero-order valence-corrected chi connectivity index (χ0v) is 18.7. The largest absolute Gasteiger partial charge is 0.520 e. The van der Waals surface area contributed by atoms with Crippen molar-refractivity contribution < 1.29 is 50.1 Å². The number of hydrogen-bond acceptors (Lipinski definition) is 5. The quantitative estimate of drug-likeness (QED) is 0.157. The molecule has 4 aromatic rings. The topological polar surface area (TPSA) is 66.8 Å². The van der Waals surface area contributed by atoms with Gasteiger partial charge in [-0.25, -0.2) is 14.2 Å². The van der Waals surface area contributed by atoms with Gasteiger partial charge >= 0.3 is 24.6 Å². The summed E-state index contributed by atoms with van der Waals surface area (Å²) in [4.78, 5) is 25.4. The molecule has 0 atom stereocenters. The Bertz CT molecular complexity index is 1450. The van der Waals surface area contributed by atoms with Crippen LogP contribution >= 0.6 is 0 Å². The summed E-state index contributed by atoms with van der Waals surface area (Å²) in [5, 5.41) is 0.490. The molecule has 4 rings (SSSR count). The molecule has 0 aliphatic rings. The van der Waals surface area contributed by atoms with E-state index in [0.29, 0.717) is 23.1 Å². The van der Waals surface area contributed by atoms with E-state index in [-0.39, 0.29) is 22.9 Å². The van der Waals surface area contributed by atoms with Crippen LogP contribution in [0, 0.1) is 6.92 Å². The highest BCUT2D eigenvalue weighted by molar-refractivity contribution is 5.96. The summed E-state index contributed by atoms with van der Waals surface area (Å²) in [5.74, 6) is -0.757. The lowest BCUT2D eigenvalue weighted by Crippen LogP contribution is -2.22. The predicted molar refractivity (Wildman–Crippen MR) is 118 cm³/mol. The molecule has 37 heavy (non-hydrogen) atoms. The highest BCUT2D eigenvalue weighted by Crippen LogP contribution is 2.34. The van der Waals surface area contributed by atoms with Gasteiger partial charge in [-0.15, -0.1) is 0 Å². The zero-order valence-electron chi connectivity index (χ0n) is 18.7. The van der Waals surface area contributed by atoms with Crippen molar-refractivity contribution in [1.82, 2.24) is 4.57 Å². The van der Waals surface area contributed by atoms with Gasteiger partial charge in [-0.2, -0.15) is 26.3 Å². The molecule has 0 saturated carbocycles. The molecule has 0 saturated heterocycles. The number of carbonyl (C=O) groups is 2. The van der Waals surface area contributed by atoms with Crippen molar-refractivity contribution >= 4 is 23.2 Å². The molecule has 1 heterocycles. The van der Waals surface area contributed by atoms with Crippen LogP contribution in [0.2, 0.25) is 0 Å². The van der Waals surface area contributed by atoms with Crippen molar-refractivity contribution in [2.45, 2.75) is 19.3 Å². The Hall–Kier alpha value is -4.48. The van der Waals surface area contributed by atoms with E-state index < -0.39 is 35.7 Å². The van der Waals surface area contributed by atoms with Gasteiger partial charge in [0.2, 0.25) is 5.88 Å². The molecule has 0 spiro atoms. The summed E-state index contributed by atoms with van der Waals surface area (Å²) in [7, 11) is 0. The van der Waals surface area contributed by atoms with Gasteiger partial charge in [-0.05, 0) is 61.5 Å². The average Bonchev–Trinajstić information content (AvgIpc) is 3.10. The van der Waals surface area contributed by atoms with Crippen LogP contribution < -0.4 is 14.2 Å². The minimum Gasteiger partial charge on any atom is -0.410 e. The second kappa shape index (κ2) is 9.52. The van der Waals surface area contributed by atoms with Gasteiger partial charge < -0.3 is 14.2 Å². The normalized spacial score (nSPS) is 11.9. The standard InChI is InChI=1S/C25H15F6NO5/c1-14-19-4-2-3-5-20(19)32(22(33)35-17-10-6-15(7-11-17)24(26,27)28)21(14)37-23(34)36-18-12-8-16(9-13-18)25(29,30)31/h2-13H,1H3. The van der Waals surface area contributed by atoms with E-state index in [2.05, 4.69) is 0 Å². The number of rotatable bonds is 3. The summed E-state index contributed by atoms with van der Waals surface area (Å²) in [6.07, 6.45) is -11.6. The first-order valence-corrected chi connectivity index (χ1v) is 10.4. The van der Waals surface area contributed by atoms with Crippen molar-refractivity contribution in [3.63, 3.8) is 0 Å². The molecule has 0 amide bonds. The molecular formula is C25H15F6NO5. The summed E-state index contributed by atoms with van der Waals surface area (Å²) in [6, 6.07) is 13.1. The van der Waals surface area contributed by atoms with Crippen molar-refractivity contribution in [3.05, 3.63) is 89.5 Å². The molecule has 0 bridgehead atoms. The fraction of sp³-hybridized carbons (Fsp3) is 0.120. The van der Waals surface area contributed by atoms with Crippen LogP contribution in [0.15, 0.2) is 72.8 Å². The van der Waals surface area contributed by atoms with E-state index in [1.807, 2.05) is 0 Å². The third kappa shape index (κ3) is 5.52. The van der Waals surface area contributed by atoms with Crippen LogP contribution in [-0.2, 0) is 12.4 Å². The smallest absolute Gasteiger partial charge is 0.410 e. The first kappa shape index (κ1) is 25.6. The number of fused-ring (bicyclic) bond motifs is 1. The van der Waals surface area contributed by atoms with E-state index in [1.54, 1.807) is 18.2 Å². The van der Waals surface area contributed by atoms with Crippen molar-refractivity contribution in [1.29, 1.82) is 0 Å². The SMILES string of the molecule is Cc1c(OC(=O)Oc2ccc(C(F)(F)F)cc2)n(C(=O)Oc2ccc(C(F)(F)F)cc2)c2ccccc12. The lowest BCUT2D eigenvalue weighted by Gasteiger charge is -2.12. The van der Waals surface area contributed by atoms with Gasteiger partial charge in [0, 0.05) is 10.9 Å². The molecule has 0 aliphatic heterocycles. The monoisotopic (exact) mass is 523 g/mol. The highest BCUT2D eigenvalue weighted by atomic mass is 19.4. The van der Waals surface area contributed by atoms with Crippen LogP contribution in [0.4, 0.5) is 35.9 Å². The van der Waals surface area contributed by atoms with Gasteiger partial charge in [-0.3, -0.25) is 0 Å². The summed E-state index contributed by atoms with van der Waals surface area (Å²) in [5.41, 5.74) is -1.31. The molecular weight excluding hydrogens is 508 g/mol. The maximum Gasteiger partial charge on any atom is 0.520 e. The maximum atomic E-state index is 13.0. The summed E-state index contributed by atoms with van der Waals surface area (Å²) < 4.78 is 92.8. The van der Waals surface area contributed by atoms with E-state index >= 15 is 0 Å². The van der Waals surface area contributed by atoms with Crippen LogP contribution in [0.3, 0.4) is 0 Å². The number of halogens is 6. The van der Waals surface area contributed by atoms with Crippen molar-refractivity contribution in [2.75, 3.05) is 0 Å². The van der Waals surface area contributed by atoms with Crippen molar-refractivity contribution in [2.24, 2.45) is 0 Å². The fourth-order valence-electron chi connectivity index (χ4n) is 3.45. The number of para-hydroxylation sites is 1. The Morgan fingerprint density at radius 1 is 0.676 bits per heavy atom. The highest BCUT2D eigenvalue weighted by Gasteiger charge is 2.31. The molecule has 0 fully saturated rings. The Labute approximate surface area is 204 Å². The van der Waals surface area contributed by atoms with E-state index in [9.17, 15) is 35.9 Å². The number of aromatic nitrogens is 1. The van der Waals surface area contributed by atoms with Gasteiger partial charge in [0.15, 0.2) is 0 Å². The van der Waals surface area contributed by atoms with Crippen LogP contribution in [0.5, 0.6) is 17.4 Å². The molecule has 0 radical (unpaired) electrons. The van der Waals surface area contributed by atoms with Gasteiger partial charge in [-0.1, -0.05) is 18.2 Å². The second-order valence-electron chi connectivity index (χ2n) is 7.65. The van der Waals surface area contributed by atoms with Crippen LogP contribution in [0.25, 0.3) is 10.9 Å². The Morgan fingerprint density at radius 3 is 1.68 bits per heavy atom. The van der Waals surface area contributed by atoms with Gasteiger partial charge in [0.05, 0.1) is 16.6 Å². The number of ether oxygens (including phenoxy) is 3. The first-order chi connectivity index (χ1) is 17.3. The number of nitrogens with zero attached hydrogens (tertiary/aromatic N) is 1. The number of aryl methyl sites for hydroxylation is 1. The Morgan fingerprint density at radius 2 is 1.16 bits per heavy atom. The van der Waals surface area contributed by atoms with Crippen LogP contribution in [0.1, 0.15) is 16.7 Å². The van der Waals surface area contributed by atoms with E-state index in [4.69, 9.17) is 14.2 Å². The lowest BCUT2D eigenvalue weighted by atomic mass is 10.2. The number of alkyl halides is 6. The van der Waals surface area contributed by atoms with Gasteiger partial charge in [0.1, 0.15) is 11.5 Å². The molecule has 6 nitrogen and oxygen atoms in total. The first-order valence-electron chi connectivity index (χ1n) is 10.4. The van der Waals surface area contributed by atoms with Crippen molar-refractivity contribution in [3.8, 4) is 17.4 Å². The number of benzene rings is 3. The third-order valence-corrected chi connectivity index (χ3v) is 5.21. The Kier molecular flexibility index (Phi) is 6.59. The summed E-state index contributed by atoms with van der Waals surface area (Å²) in [6.45, 7) is 1.53. The number of carbonyl (C=O) groups excluding carboxylic acids is 2. The second-order valence-corrected chi connectivity index (χ2v) is 7.65. The average molecular weight is 523 g/mol. The molecule has 3 aromatic carbocycles. The Balaban J connectivity index is 1.60. The molecule has 12 heteroatoms. The molecule has 0 unspecified atom stereocenters. The lowest BCUT2D eigenvalue weighted by molar-refractivity contribution is -0.138. The predicted octanol–water partition coefficient (Wildman–Crippen LogP) is 7.61. The zero-order chi connectivity index (χ0) is 27.0. The molecule has 0 N–H and O–H groups in total. The molecule has 0 aliphatic carbocycles. The minimum atomic E-state index is -4.58. The molecule has 192 valence electrons. The summed E-state index contributed by atoms with van der Waals surface area (Å²) >= 11 is 0. The van der Waals surface area contributed by atoms with Gasteiger partial charge in [0.25, 0.3) is 0 Å². The van der Waals surface area contributed by atoms with E-state index in [1.165, 1.54) is 13.0 Å². The van der Waals surface area contributed by atoms with E-state index in [0.717, 1.165) is 41.0 Å². The third-order valence-electron chi connectivity index (χ3n) is 5.21. The van der Waals surface area contributed by atoms with Crippen LogP contribution in [-0.4, -0.2) is 16.8 Å².